The van der Waals surface area contributed by atoms with Crippen molar-refractivity contribution in [2.75, 3.05) is 0 Å². The summed E-state index contributed by atoms with van der Waals surface area (Å²) in [6, 6.07) is 15.1. The highest BCUT2D eigenvalue weighted by Gasteiger charge is 2.13. The van der Waals surface area contributed by atoms with Crippen LogP contribution in [-0.2, 0) is 11.2 Å². The molecule has 0 bridgehead atoms. The van der Waals surface area contributed by atoms with Crippen LogP contribution < -0.4 is 9.67 Å². The average molecular weight is 452 g/mol. The normalized spacial score (nSPS) is 11.1. The van der Waals surface area contributed by atoms with Crippen LogP contribution in [0.3, 0.4) is 0 Å². The molecule has 0 N–H and O–H groups in total. The maximum atomic E-state index is 10.4. The van der Waals surface area contributed by atoms with E-state index >= 15 is 0 Å². The first-order valence-corrected chi connectivity index (χ1v) is 13.4. The molecule has 0 radical (unpaired) electrons. The molecule has 0 saturated carbocycles. The van der Waals surface area contributed by atoms with Gasteiger partial charge >= 0.3 is 0 Å². The van der Waals surface area contributed by atoms with Crippen LogP contribution in [0.2, 0.25) is 0 Å². The number of aliphatic carboxylic acids is 1. The maximum absolute atomic E-state index is 10.4. The first-order valence-electron chi connectivity index (χ1n) is 13.4. The summed E-state index contributed by atoms with van der Waals surface area (Å²) in [6.45, 7) is 2.24. The Morgan fingerprint density at radius 3 is 1.67 bits per heavy atom. The summed E-state index contributed by atoms with van der Waals surface area (Å²) in [7, 11) is 0. The van der Waals surface area contributed by atoms with Crippen molar-refractivity contribution in [2.24, 2.45) is 0 Å². The van der Waals surface area contributed by atoms with Gasteiger partial charge < -0.3 is 9.90 Å². The number of carboxylic acid groups (broad SMARTS) is 1. The van der Waals surface area contributed by atoms with Crippen molar-refractivity contribution in [3.63, 3.8) is 0 Å². The summed E-state index contributed by atoms with van der Waals surface area (Å²) < 4.78 is 2.30. The van der Waals surface area contributed by atoms with Gasteiger partial charge in [0.05, 0.1) is 0 Å². The smallest absolute Gasteiger partial charge is 0.210 e. The number of aromatic nitrogens is 1. The van der Waals surface area contributed by atoms with Crippen LogP contribution >= 0.6 is 0 Å². The topological polar surface area (TPSA) is 44.0 Å². The zero-order valence-corrected chi connectivity index (χ0v) is 20.9. The van der Waals surface area contributed by atoms with Crippen molar-refractivity contribution < 1.29 is 14.5 Å². The summed E-state index contributed by atoms with van der Waals surface area (Å²) in [6.07, 6.45) is 22.7. The van der Waals surface area contributed by atoms with E-state index in [0.717, 1.165) is 12.8 Å². The molecule has 0 aliphatic carbocycles. The van der Waals surface area contributed by atoms with Crippen LogP contribution in [0.15, 0.2) is 48.7 Å². The molecule has 2 aromatic rings. The Kier molecular flexibility index (Phi) is 14.2. The number of hydrogen-bond donors (Lipinski definition) is 0. The monoisotopic (exact) mass is 451 g/mol. The van der Waals surface area contributed by atoms with Crippen LogP contribution in [0.5, 0.6) is 0 Å². The fraction of sp³-hybridized carbons (Fsp3) is 0.600. The molecule has 0 amide bonds. The number of nitrogens with zero attached hydrogens (tertiary/aromatic N) is 1. The van der Waals surface area contributed by atoms with Crippen LogP contribution in [-0.4, -0.2) is 5.97 Å². The number of carboxylic acids is 1. The van der Waals surface area contributed by atoms with E-state index in [0.29, 0.717) is 0 Å². The van der Waals surface area contributed by atoms with Crippen molar-refractivity contribution in [2.45, 2.75) is 116 Å². The lowest BCUT2D eigenvalue weighted by Crippen LogP contribution is -2.34. The molecule has 3 heteroatoms. The van der Waals surface area contributed by atoms with Gasteiger partial charge in [0.15, 0.2) is 11.9 Å². The van der Waals surface area contributed by atoms with Crippen molar-refractivity contribution in [1.29, 1.82) is 0 Å². The third-order valence-electron chi connectivity index (χ3n) is 6.72. The Morgan fingerprint density at radius 2 is 1.15 bits per heavy atom. The number of benzene rings is 1. The number of rotatable bonds is 19. The highest BCUT2D eigenvalue weighted by atomic mass is 16.4. The van der Waals surface area contributed by atoms with E-state index in [4.69, 9.17) is 0 Å². The van der Waals surface area contributed by atoms with Gasteiger partial charge in [-0.3, -0.25) is 0 Å². The second kappa shape index (κ2) is 17.3. The maximum Gasteiger partial charge on any atom is 0.210 e. The molecular formula is C30H45NO2. The summed E-state index contributed by atoms with van der Waals surface area (Å²) in [5.41, 5.74) is 4.07. The predicted octanol–water partition coefficient (Wildman–Crippen LogP) is 6.81. The molecule has 1 aromatic carbocycles. The fourth-order valence-corrected chi connectivity index (χ4v) is 4.65. The molecule has 0 saturated heterocycles. The number of carbonyl (C=O) groups excluding carboxylic acids is 1. The summed E-state index contributed by atoms with van der Waals surface area (Å²) in [5, 5.41) is 10.4. The SMILES string of the molecule is Cc1c(CCCCCCCCCCCCCCCCCC(=O)[O-])ccc[n+]1-c1ccccc1. The molecule has 0 unspecified atom stereocenters. The lowest BCUT2D eigenvalue weighted by molar-refractivity contribution is -0.603. The molecule has 1 aromatic heterocycles. The predicted molar refractivity (Wildman–Crippen MR) is 135 cm³/mol. The van der Waals surface area contributed by atoms with Crippen molar-refractivity contribution in [1.82, 2.24) is 0 Å². The lowest BCUT2D eigenvalue weighted by atomic mass is 10.0. The van der Waals surface area contributed by atoms with Crippen molar-refractivity contribution in [3.05, 3.63) is 59.9 Å². The van der Waals surface area contributed by atoms with E-state index in [1.807, 2.05) is 0 Å². The first-order chi connectivity index (χ1) is 16.2. The largest absolute Gasteiger partial charge is 0.550 e. The molecule has 182 valence electrons. The molecule has 3 nitrogen and oxygen atoms in total. The second-order valence-corrected chi connectivity index (χ2v) is 9.50. The highest BCUT2D eigenvalue weighted by Crippen LogP contribution is 2.15. The molecule has 0 aliphatic rings. The number of carbonyl (C=O) groups is 1. The molecule has 0 atom stereocenters. The van der Waals surface area contributed by atoms with Crippen LogP contribution in [0.1, 0.15) is 114 Å². The van der Waals surface area contributed by atoms with Crippen LogP contribution in [0, 0.1) is 6.92 Å². The van der Waals surface area contributed by atoms with Crippen molar-refractivity contribution in [3.8, 4) is 5.69 Å². The van der Waals surface area contributed by atoms with Crippen LogP contribution in [0.4, 0.5) is 0 Å². The molecule has 0 aliphatic heterocycles. The summed E-state index contributed by atoms with van der Waals surface area (Å²) >= 11 is 0. The lowest BCUT2D eigenvalue weighted by Gasteiger charge is -2.06. The fourth-order valence-electron chi connectivity index (χ4n) is 4.65. The van der Waals surface area contributed by atoms with Gasteiger partial charge in [-0.1, -0.05) is 102 Å². The van der Waals surface area contributed by atoms with E-state index in [1.165, 1.54) is 107 Å². The summed E-state index contributed by atoms with van der Waals surface area (Å²) in [4.78, 5) is 10.4. The minimum absolute atomic E-state index is 0.224. The van der Waals surface area contributed by atoms with E-state index in [-0.39, 0.29) is 6.42 Å². The first kappa shape index (κ1) is 27.1. The Balaban J connectivity index is 1.41. The Hall–Kier alpha value is -2.16. The molecular weight excluding hydrogens is 406 g/mol. The molecule has 33 heavy (non-hydrogen) atoms. The van der Waals surface area contributed by atoms with Gasteiger partial charge in [0, 0.05) is 36.7 Å². The van der Waals surface area contributed by atoms with E-state index in [9.17, 15) is 9.90 Å². The Labute approximate surface area is 202 Å². The van der Waals surface area contributed by atoms with Gasteiger partial charge in [-0.25, -0.2) is 0 Å². The third-order valence-corrected chi connectivity index (χ3v) is 6.72. The summed E-state index contributed by atoms with van der Waals surface area (Å²) in [5.74, 6) is -0.908. The molecule has 0 fully saturated rings. The van der Waals surface area contributed by atoms with Gasteiger partial charge in [0.1, 0.15) is 0 Å². The van der Waals surface area contributed by atoms with Gasteiger partial charge in [-0.2, -0.15) is 4.57 Å². The van der Waals surface area contributed by atoms with Gasteiger partial charge in [-0.15, -0.1) is 0 Å². The number of para-hydroxylation sites is 1. The average Bonchev–Trinajstić information content (AvgIpc) is 2.82. The Bertz CT molecular complexity index is 772. The number of unbranched alkanes of at least 4 members (excludes halogenated alkanes) is 14. The van der Waals surface area contributed by atoms with Crippen LogP contribution in [0.25, 0.3) is 5.69 Å². The zero-order chi connectivity index (χ0) is 23.6. The number of aryl methyl sites for hydroxylation is 1. The Morgan fingerprint density at radius 1 is 0.667 bits per heavy atom. The standard InChI is InChI=1S/C30H45NO2/c1-27-28(22-20-26-31(27)29-23-17-15-18-24-29)21-16-13-11-9-7-5-3-2-4-6-8-10-12-14-19-25-30(32)33/h15,17-18,20,22-24,26H,2-14,16,19,21,25H2,1H3. The third kappa shape index (κ3) is 12.0. The van der Waals surface area contributed by atoms with Gasteiger partial charge in [-0.05, 0) is 31.7 Å². The number of hydrogen-bond acceptors (Lipinski definition) is 2. The van der Waals surface area contributed by atoms with Crippen molar-refractivity contribution >= 4 is 5.97 Å². The van der Waals surface area contributed by atoms with E-state index < -0.39 is 5.97 Å². The second-order valence-electron chi connectivity index (χ2n) is 9.50. The zero-order valence-electron chi connectivity index (χ0n) is 20.9. The minimum Gasteiger partial charge on any atom is -0.550 e. The van der Waals surface area contributed by atoms with E-state index in [2.05, 4.69) is 60.2 Å². The highest BCUT2D eigenvalue weighted by molar-refractivity contribution is 5.64. The van der Waals surface area contributed by atoms with Gasteiger partial charge in [0.2, 0.25) is 5.69 Å². The quantitative estimate of drug-likeness (QED) is 0.174. The van der Waals surface area contributed by atoms with Gasteiger partial charge in [0.25, 0.3) is 0 Å². The molecule has 2 rings (SSSR count). The molecule has 1 heterocycles. The minimum atomic E-state index is -0.908. The number of pyridine rings is 1. The van der Waals surface area contributed by atoms with E-state index in [1.54, 1.807) is 0 Å². The molecule has 0 spiro atoms.